The maximum absolute atomic E-state index is 12.9. The molecule has 1 aromatic heterocycles. The van der Waals surface area contributed by atoms with Crippen LogP contribution in [-0.2, 0) is 22.7 Å². The van der Waals surface area contributed by atoms with E-state index >= 15 is 0 Å². The van der Waals surface area contributed by atoms with Gasteiger partial charge < -0.3 is 24.2 Å². The fourth-order valence-corrected chi connectivity index (χ4v) is 4.77. The molecule has 0 saturated carbocycles. The van der Waals surface area contributed by atoms with Gasteiger partial charge in [0.15, 0.2) is 5.82 Å². The molecule has 4 rings (SSSR count). The van der Waals surface area contributed by atoms with Crippen LogP contribution in [0.25, 0.3) is 0 Å². The summed E-state index contributed by atoms with van der Waals surface area (Å²) in [6.45, 7) is 5.46. The summed E-state index contributed by atoms with van der Waals surface area (Å²) in [5, 5.41) is 10.8. The summed E-state index contributed by atoms with van der Waals surface area (Å²) in [5.41, 5.74) is 2.48. The first-order chi connectivity index (χ1) is 15.4. The van der Waals surface area contributed by atoms with Crippen LogP contribution in [0.2, 0.25) is 0 Å². The number of carboxylic acid groups (broad SMARTS) is 1. The van der Waals surface area contributed by atoms with Gasteiger partial charge in [-0.15, -0.1) is 0 Å². The number of carbonyl (C=O) groups excluding carboxylic acids is 1. The third-order valence-corrected chi connectivity index (χ3v) is 6.02. The molecule has 0 bridgehead atoms. The van der Waals surface area contributed by atoms with Crippen molar-refractivity contribution in [1.29, 1.82) is 0 Å². The van der Waals surface area contributed by atoms with Crippen LogP contribution in [0, 0.1) is 18.8 Å². The largest absolute Gasteiger partial charge is 0.483 e. The molecule has 10 nitrogen and oxygen atoms in total. The molecule has 0 unspecified atom stereocenters. The number of rotatable bonds is 5. The first-order valence-electron chi connectivity index (χ1n) is 10.5. The third-order valence-electron chi connectivity index (χ3n) is 6.02. The number of urea groups is 1. The molecule has 0 radical (unpaired) electrons. The van der Waals surface area contributed by atoms with Gasteiger partial charge in [0.25, 0.3) is 6.47 Å². The summed E-state index contributed by atoms with van der Waals surface area (Å²) in [5.74, 6) is 2.01. The Kier molecular flexibility index (Phi) is 7.81. The van der Waals surface area contributed by atoms with Gasteiger partial charge in [0.05, 0.1) is 12.6 Å². The van der Waals surface area contributed by atoms with Gasteiger partial charge in [0.1, 0.15) is 6.61 Å². The maximum Gasteiger partial charge on any atom is 0.320 e. The molecule has 2 aliphatic heterocycles. The molecule has 2 aliphatic rings. The zero-order valence-corrected chi connectivity index (χ0v) is 19.0. The minimum absolute atomic E-state index is 0.0836. The number of hydrogen-bond acceptors (Lipinski definition) is 7. The molecular weight excluding hydrogens is 414 g/mol. The average molecular weight is 446 g/mol. The van der Waals surface area contributed by atoms with Crippen LogP contribution < -0.4 is 0 Å². The average Bonchev–Trinajstić information content (AvgIpc) is 3.44. The van der Waals surface area contributed by atoms with Crippen LogP contribution in [0.4, 0.5) is 4.79 Å². The lowest BCUT2D eigenvalue weighted by Gasteiger charge is -2.32. The molecule has 2 saturated heterocycles. The van der Waals surface area contributed by atoms with Gasteiger partial charge in [-0.05, 0) is 24.0 Å². The summed E-state index contributed by atoms with van der Waals surface area (Å²) in [6, 6.07) is 8.58. The Labute approximate surface area is 187 Å². The number of amides is 2. The first-order valence-corrected chi connectivity index (χ1v) is 10.5. The van der Waals surface area contributed by atoms with E-state index in [0.29, 0.717) is 36.7 Å². The molecule has 174 valence electrons. The smallest absolute Gasteiger partial charge is 0.320 e. The Morgan fingerprint density at radius 2 is 2.03 bits per heavy atom. The van der Waals surface area contributed by atoms with Crippen molar-refractivity contribution in [2.45, 2.75) is 26.1 Å². The Morgan fingerprint density at radius 3 is 2.69 bits per heavy atom. The zero-order valence-electron chi connectivity index (χ0n) is 19.0. The Morgan fingerprint density at radius 1 is 1.31 bits per heavy atom. The fraction of sp³-hybridized carbons (Fsp3) is 0.545. The van der Waals surface area contributed by atoms with E-state index < -0.39 is 0 Å². The van der Waals surface area contributed by atoms with Crippen molar-refractivity contribution in [3.8, 4) is 0 Å². The number of ether oxygens (including phenoxy) is 1. The number of methoxy groups -OCH3 is 1. The number of likely N-dealkylation sites (tertiary alicyclic amines) is 2. The van der Waals surface area contributed by atoms with Crippen molar-refractivity contribution in [3.63, 3.8) is 0 Å². The highest BCUT2D eigenvalue weighted by Crippen LogP contribution is 2.46. The topological polar surface area (TPSA) is 112 Å². The fourth-order valence-electron chi connectivity index (χ4n) is 4.77. The molecule has 2 fully saturated rings. The maximum atomic E-state index is 12.9. The molecule has 10 heteroatoms. The number of carbonyl (C=O) groups is 2. The van der Waals surface area contributed by atoms with Crippen molar-refractivity contribution in [2.24, 2.45) is 11.8 Å². The number of aromatic nitrogens is 2. The second-order valence-electron chi connectivity index (χ2n) is 8.39. The zero-order chi connectivity index (χ0) is 23.3. The third kappa shape index (κ3) is 5.08. The van der Waals surface area contributed by atoms with E-state index in [9.17, 15) is 4.79 Å². The molecule has 32 heavy (non-hydrogen) atoms. The van der Waals surface area contributed by atoms with Gasteiger partial charge in [-0.1, -0.05) is 29.4 Å². The van der Waals surface area contributed by atoms with Crippen LogP contribution in [0.5, 0.6) is 0 Å². The molecule has 3 atom stereocenters. The van der Waals surface area contributed by atoms with Crippen LogP contribution in [0.15, 0.2) is 28.8 Å². The minimum atomic E-state index is -0.250. The molecule has 1 aromatic carbocycles. The SMILES string of the molecule is COCc1noc(CN2C[C@@H]3CN(C(=O)N(C)C)[C@@H](c4ccccc4C)[C@@H]3C2)n1.O=CO. The predicted octanol–water partition coefficient (Wildman–Crippen LogP) is 2.01. The van der Waals surface area contributed by atoms with E-state index in [4.69, 9.17) is 19.2 Å². The second-order valence-corrected chi connectivity index (χ2v) is 8.39. The summed E-state index contributed by atoms with van der Waals surface area (Å²) in [7, 11) is 5.26. The van der Waals surface area contributed by atoms with Crippen LogP contribution >= 0.6 is 0 Å². The normalized spacial score (nSPS) is 22.2. The van der Waals surface area contributed by atoms with Crippen LogP contribution in [0.1, 0.15) is 28.9 Å². The van der Waals surface area contributed by atoms with E-state index in [1.807, 2.05) is 14.1 Å². The molecule has 2 aromatic rings. The Balaban J connectivity index is 0.000000913. The Hall–Kier alpha value is -2.98. The summed E-state index contributed by atoms with van der Waals surface area (Å²) >= 11 is 0. The molecular formula is C22H31N5O5. The predicted molar refractivity (Wildman–Crippen MR) is 116 cm³/mol. The van der Waals surface area contributed by atoms with Crippen molar-refractivity contribution in [3.05, 3.63) is 47.1 Å². The number of aryl methyl sites for hydroxylation is 1. The summed E-state index contributed by atoms with van der Waals surface area (Å²) in [4.78, 5) is 31.8. The summed E-state index contributed by atoms with van der Waals surface area (Å²) in [6.07, 6.45) is 0. The van der Waals surface area contributed by atoms with Gasteiger partial charge in [-0.2, -0.15) is 4.98 Å². The van der Waals surface area contributed by atoms with Gasteiger partial charge >= 0.3 is 6.03 Å². The van der Waals surface area contributed by atoms with E-state index in [-0.39, 0.29) is 18.5 Å². The molecule has 3 heterocycles. The van der Waals surface area contributed by atoms with E-state index in [1.54, 1.807) is 12.0 Å². The number of nitrogens with zero attached hydrogens (tertiary/aromatic N) is 5. The van der Waals surface area contributed by atoms with Crippen molar-refractivity contribution in [2.75, 3.05) is 40.8 Å². The minimum Gasteiger partial charge on any atom is -0.483 e. The highest BCUT2D eigenvalue weighted by atomic mass is 16.5. The molecule has 0 aliphatic carbocycles. The number of fused-ring (bicyclic) bond motifs is 1. The van der Waals surface area contributed by atoms with Crippen LogP contribution in [-0.4, -0.2) is 83.3 Å². The second kappa shape index (κ2) is 10.6. The van der Waals surface area contributed by atoms with Crippen molar-refractivity contribution < 1.29 is 24.0 Å². The Bertz CT molecular complexity index is 918. The van der Waals surface area contributed by atoms with Gasteiger partial charge in [0, 0.05) is 46.8 Å². The number of benzene rings is 1. The van der Waals surface area contributed by atoms with Gasteiger partial charge in [-0.25, -0.2) is 4.79 Å². The molecule has 0 spiro atoms. The standard InChI is InChI=1S/C21H29N5O3.CH2O2/c1-14-7-5-6-8-16(14)20-17-11-25(12-19-22-18(13-28-4)23-29-19)9-15(17)10-26(20)21(27)24(2)3;2-1-3/h5-8,15,17,20H,9-13H2,1-4H3;1H,(H,2,3)/t15-,17-,20+;/m1./s1. The van der Waals surface area contributed by atoms with Gasteiger partial charge in [0.2, 0.25) is 5.89 Å². The number of hydrogen-bond donors (Lipinski definition) is 1. The van der Waals surface area contributed by atoms with Crippen molar-refractivity contribution >= 4 is 12.5 Å². The lowest BCUT2D eigenvalue weighted by Crippen LogP contribution is -2.41. The first kappa shape index (κ1) is 23.7. The lowest BCUT2D eigenvalue weighted by molar-refractivity contribution is -0.122. The van der Waals surface area contributed by atoms with Gasteiger partial charge in [-0.3, -0.25) is 9.69 Å². The molecule has 1 N–H and O–H groups in total. The quantitative estimate of drug-likeness (QED) is 0.696. The van der Waals surface area contributed by atoms with E-state index in [1.165, 1.54) is 11.1 Å². The lowest BCUT2D eigenvalue weighted by atomic mass is 9.88. The monoisotopic (exact) mass is 445 g/mol. The van der Waals surface area contributed by atoms with E-state index in [2.05, 4.69) is 51.1 Å². The molecule has 2 amide bonds. The van der Waals surface area contributed by atoms with Crippen LogP contribution in [0.3, 0.4) is 0 Å². The highest BCUT2D eigenvalue weighted by molar-refractivity contribution is 5.75. The van der Waals surface area contributed by atoms with Crippen molar-refractivity contribution in [1.82, 2.24) is 24.8 Å². The summed E-state index contributed by atoms with van der Waals surface area (Å²) < 4.78 is 10.4. The van der Waals surface area contributed by atoms with E-state index in [0.717, 1.165) is 19.6 Å². The highest BCUT2D eigenvalue weighted by Gasteiger charge is 2.49.